The maximum absolute atomic E-state index is 2.40. The molecule has 0 amide bonds. The lowest BCUT2D eigenvalue weighted by molar-refractivity contribution is -0.931. The molecule has 1 aliphatic rings. The summed E-state index contributed by atoms with van der Waals surface area (Å²) in [5, 5.41) is 0. The summed E-state index contributed by atoms with van der Waals surface area (Å²) in [6.45, 7) is 10.5. The molecule has 0 unspecified atom stereocenters. The second kappa shape index (κ2) is 13.1. The Labute approximate surface area is 138 Å². The van der Waals surface area contributed by atoms with Crippen molar-refractivity contribution in [3.8, 4) is 0 Å². The van der Waals surface area contributed by atoms with E-state index in [9.17, 15) is 0 Å². The summed E-state index contributed by atoms with van der Waals surface area (Å²) in [5.41, 5.74) is 0. The fourth-order valence-corrected chi connectivity index (χ4v) is 3.64. The van der Waals surface area contributed by atoms with Gasteiger partial charge in [-0.3, -0.25) is 0 Å². The fraction of sp³-hybridized carbons (Fsp3) is 1.00. The lowest BCUT2D eigenvalue weighted by Crippen LogP contribution is -3.00. The van der Waals surface area contributed by atoms with E-state index < -0.39 is 0 Å². The largest absolute Gasteiger partial charge is 1.00 e. The van der Waals surface area contributed by atoms with Crippen molar-refractivity contribution in [2.75, 3.05) is 26.2 Å². The van der Waals surface area contributed by atoms with Crippen LogP contribution in [0.5, 0.6) is 0 Å². The zero-order valence-electron chi connectivity index (χ0n) is 14.1. The van der Waals surface area contributed by atoms with Crippen molar-refractivity contribution in [2.24, 2.45) is 0 Å². The van der Waals surface area contributed by atoms with E-state index in [1.807, 2.05) is 0 Å². The van der Waals surface area contributed by atoms with Gasteiger partial charge >= 0.3 is 0 Å². The minimum atomic E-state index is 0. The molecule has 1 saturated heterocycles. The summed E-state index contributed by atoms with van der Waals surface area (Å²) in [4.78, 5) is 0. The quantitative estimate of drug-likeness (QED) is 0.398. The average molecular weight is 348 g/mol. The van der Waals surface area contributed by atoms with Gasteiger partial charge in [-0.15, -0.1) is 0 Å². The average Bonchev–Trinajstić information content (AvgIpc) is 2.46. The highest BCUT2D eigenvalue weighted by Gasteiger charge is 2.26. The molecule has 1 nitrogen and oxygen atoms in total. The minimum absolute atomic E-state index is 0. The summed E-state index contributed by atoms with van der Waals surface area (Å²) >= 11 is 0. The Morgan fingerprint density at radius 2 is 1.15 bits per heavy atom. The third-order valence-electron chi connectivity index (χ3n) is 5.17. The van der Waals surface area contributed by atoms with Gasteiger partial charge in [-0.2, -0.15) is 0 Å². The number of hydrogen-bond acceptors (Lipinski definition) is 0. The van der Waals surface area contributed by atoms with E-state index in [2.05, 4.69) is 13.8 Å². The van der Waals surface area contributed by atoms with Crippen molar-refractivity contribution in [3.05, 3.63) is 0 Å². The minimum Gasteiger partial charge on any atom is -1.00 e. The van der Waals surface area contributed by atoms with E-state index in [1.54, 1.807) is 0 Å². The topological polar surface area (TPSA) is 0 Å². The normalized spacial score (nSPS) is 17.7. The number of unbranched alkanes of at least 4 members (excludes halogenated alkanes) is 8. The molecular formula is C18H38BrN. The maximum Gasteiger partial charge on any atom is 0.0786 e. The van der Waals surface area contributed by atoms with Crippen LogP contribution in [0.25, 0.3) is 0 Å². The van der Waals surface area contributed by atoms with Gasteiger partial charge < -0.3 is 21.5 Å². The predicted molar refractivity (Wildman–Crippen MR) is 86.5 cm³/mol. The number of hydrogen-bond donors (Lipinski definition) is 0. The highest BCUT2D eigenvalue weighted by molar-refractivity contribution is 4.54. The Hall–Kier alpha value is 0.440. The van der Waals surface area contributed by atoms with E-state index >= 15 is 0 Å². The number of piperidine rings is 1. The summed E-state index contributed by atoms with van der Waals surface area (Å²) < 4.78 is 1.44. The van der Waals surface area contributed by atoms with E-state index in [0.717, 1.165) is 0 Å². The van der Waals surface area contributed by atoms with E-state index in [0.29, 0.717) is 0 Å². The molecule has 1 aliphatic heterocycles. The Morgan fingerprint density at radius 3 is 1.65 bits per heavy atom. The highest BCUT2D eigenvalue weighted by Crippen LogP contribution is 2.20. The van der Waals surface area contributed by atoms with Crippen LogP contribution in [0, 0.1) is 0 Å². The first kappa shape index (κ1) is 20.4. The van der Waals surface area contributed by atoms with Gasteiger partial charge in [0.25, 0.3) is 0 Å². The Bertz CT molecular complexity index is 200. The molecule has 1 rings (SSSR count). The number of halogens is 1. The van der Waals surface area contributed by atoms with Gasteiger partial charge in [0.1, 0.15) is 0 Å². The fourth-order valence-electron chi connectivity index (χ4n) is 3.64. The van der Waals surface area contributed by atoms with Gasteiger partial charge in [0.2, 0.25) is 0 Å². The van der Waals surface area contributed by atoms with Crippen LogP contribution in [0.15, 0.2) is 0 Å². The monoisotopic (exact) mass is 347 g/mol. The SMILES string of the molecule is CCCCCCCCCCC[N+]1(CC)CCCCC1.[Br-]. The highest BCUT2D eigenvalue weighted by atomic mass is 79.9. The molecule has 0 N–H and O–H groups in total. The first-order valence-corrected chi connectivity index (χ1v) is 9.18. The number of quaternary nitrogens is 1. The van der Waals surface area contributed by atoms with Gasteiger partial charge in [0.05, 0.1) is 26.2 Å². The Kier molecular flexibility index (Phi) is 13.4. The van der Waals surface area contributed by atoms with Crippen molar-refractivity contribution in [1.82, 2.24) is 0 Å². The Morgan fingerprint density at radius 1 is 0.650 bits per heavy atom. The van der Waals surface area contributed by atoms with Crippen LogP contribution in [-0.2, 0) is 0 Å². The van der Waals surface area contributed by atoms with Crippen LogP contribution < -0.4 is 17.0 Å². The van der Waals surface area contributed by atoms with Crippen LogP contribution in [0.4, 0.5) is 0 Å². The number of likely N-dealkylation sites (tertiary alicyclic amines) is 1. The van der Waals surface area contributed by atoms with Crippen molar-refractivity contribution < 1.29 is 21.5 Å². The van der Waals surface area contributed by atoms with Gasteiger partial charge in [-0.05, 0) is 39.0 Å². The molecule has 0 spiro atoms. The third-order valence-corrected chi connectivity index (χ3v) is 5.17. The molecule has 0 bridgehead atoms. The molecule has 2 heteroatoms. The second-order valence-electron chi connectivity index (χ2n) is 6.72. The third kappa shape index (κ3) is 8.67. The maximum atomic E-state index is 2.40. The van der Waals surface area contributed by atoms with Crippen molar-refractivity contribution in [3.63, 3.8) is 0 Å². The zero-order valence-corrected chi connectivity index (χ0v) is 15.7. The molecular weight excluding hydrogens is 310 g/mol. The predicted octanol–water partition coefficient (Wildman–Crippen LogP) is 2.54. The molecule has 0 aromatic heterocycles. The first-order chi connectivity index (χ1) is 9.33. The molecule has 1 fully saturated rings. The molecule has 0 aromatic carbocycles. The standard InChI is InChI=1S/C18H38N.BrH/c1-3-5-6-7-8-9-10-11-13-16-19(4-2)17-14-12-15-18-19;/h3-18H2,1-2H3;1H/q+1;/p-1. The Balaban J connectivity index is 0.00000361. The molecule has 1 heterocycles. The molecule has 122 valence electrons. The smallest absolute Gasteiger partial charge is 0.0786 e. The molecule has 0 aliphatic carbocycles. The summed E-state index contributed by atoms with van der Waals surface area (Å²) in [6, 6.07) is 0. The number of rotatable bonds is 11. The second-order valence-corrected chi connectivity index (χ2v) is 6.72. The summed E-state index contributed by atoms with van der Waals surface area (Å²) in [7, 11) is 0. The van der Waals surface area contributed by atoms with Crippen LogP contribution in [0.3, 0.4) is 0 Å². The van der Waals surface area contributed by atoms with Gasteiger partial charge in [-0.25, -0.2) is 0 Å². The lowest BCUT2D eigenvalue weighted by atomic mass is 10.0. The van der Waals surface area contributed by atoms with E-state index in [-0.39, 0.29) is 17.0 Å². The van der Waals surface area contributed by atoms with Gasteiger partial charge in [0.15, 0.2) is 0 Å². The van der Waals surface area contributed by atoms with Crippen LogP contribution in [0.1, 0.15) is 90.9 Å². The molecule has 0 atom stereocenters. The molecule has 20 heavy (non-hydrogen) atoms. The first-order valence-electron chi connectivity index (χ1n) is 9.18. The lowest BCUT2D eigenvalue weighted by Gasteiger charge is -2.41. The van der Waals surface area contributed by atoms with Crippen molar-refractivity contribution in [2.45, 2.75) is 90.9 Å². The van der Waals surface area contributed by atoms with Crippen LogP contribution in [0.2, 0.25) is 0 Å². The zero-order chi connectivity index (χ0) is 13.8. The summed E-state index contributed by atoms with van der Waals surface area (Å²) in [5.74, 6) is 0. The molecule has 0 saturated carbocycles. The van der Waals surface area contributed by atoms with Crippen molar-refractivity contribution >= 4 is 0 Å². The van der Waals surface area contributed by atoms with Crippen LogP contribution >= 0.6 is 0 Å². The van der Waals surface area contributed by atoms with Gasteiger partial charge in [-0.1, -0.05) is 51.9 Å². The van der Waals surface area contributed by atoms with Crippen LogP contribution in [-0.4, -0.2) is 30.7 Å². The molecule has 0 aromatic rings. The number of nitrogens with zero attached hydrogens (tertiary/aromatic N) is 1. The van der Waals surface area contributed by atoms with Gasteiger partial charge in [0, 0.05) is 0 Å². The van der Waals surface area contributed by atoms with E-state index in [1.165, 1.54) is 108 Å². The van der Waals surface area contributed by atoms with Crippen molar-refractivity contribution in [1.29, 1.82) is 0 Å². The van der Waals surface area contributed by atoms with E-state index in [4.69, 9.17) is 0 Å². The molecule has 0 radical (unpaired) electrons. The summed E-state index contributed by atoms with van der Waals surface area (Å²) in [6.07, 6.45) is 17.6.